The van der Waals surface area contributed by atoms with Gasteiger partial charge in [-0.25, -0.2) is 4.79 Å². The number of amides is 1. The minimum absolute atomic E-state index is 0.165. The number of aromatic carboxylic acids is 1. The number of hydrogen-bond donors (Lipinski definition) is 2. The van der Waals surface area contributed by atoms with Crippen molar-refractivity contribution in [2.45, 2.75) is 20.3 Å². The molecule has 6 heteroatoms. The first-order valence-electron chi connectivity index (χ1n) is 6.86. The summed E-state index contributed by atoms with van der Waals surface area (Å²) >= 11 is 1.28. The van der Waals surface area contributed by atoms with Crippen molar-refractivity contribution in [3.05, 3.63) is 46.3 Å². The Bertz CT molecular complexity index is 679. The van der Waals surface area contributed by atoms with Gasteiger partial charge < -0.3 is 15.2 Å². The van der Waals surface area contributed by atoms with Gasteiger partial charge in [0.2, 0.25) is 0 Å². The summed E-state index contributed by atoms with van der Waals surface area (Å²) < 4.78 is 5.35. The Hall–Kier alpha value is -2.34. The maximum atomic E-state index is 11.9. The topological polar surface area (TPSA) is 75.6 Å². The van der Waals surface area contributed by atoms with Crippen LogP contribution in [-0.4, -0.2) is 23.6 Å². The van der Waals surface area contributed by atoms with E-state index in [2.05, 4.69) is 5.32 Å². The number of carboxylic acid groups (broad SMARTS) is 1. The number of benzene rings is 1. The van der Waals surface area contributed by atoms with E-state index in [-0.39, 0.29) is 18.1 Å². The molecular weight excluding hydrogens is 302 g/mol. The highest BCUT2D eigenvalue weighted by Gasteiger charge is 2.21. The van der Waals surface area contributed by atoms with Gasteiger partial charge in [0.05, 0.1) is 5.56 Å². The second-order valence-electron chi connectivity index (χ2n) is 4.65. The first kappa shape index (κ1) is 16.0. The molecule has 0 saturated heterocycles. The molecule has 0 aliphatic heterocycles. The van der Waals surface area contributed by atoms with Crippen LogP contribution in [0, 0.1) is 6.92 Å². The van der Waals surface area contributed by atoms with Crippen molar-refractivity contribution in [2.75, 3.05) is 11.9 Å². The Balaban J connectivity index is 2.07. The maximum absolute atomic E-state index is 11.9. The van der Waals surface area contributed by atoms with Gasteiger partial charge >= 0.3 is 5.97 Å². The van der Waals surface area contributed by atoms with Crippen molar-refractivity contribution in [1.29, 1.82) is 0 Å². The number of aryl methyl sites for hydroxylation is 1. The average molecular weight is 319 g/mol. The number of rotatable bonds is 6. The van der Waals surface area contributed by atoms with E-state index in [1.807, 2.05) is 32.0 Å². The van der Waals surface area contributed by atoms with Crippen molar-refractivity contribution in [3.8, 4) is 5.75 Å². The smallest absolute Gasteiger partial charge is 0.339 e. The molecule has 0 radical (unpaired) electrons. The van der Waals surface area contributed by atoms with Crippen LogP contribution >= 0.6 is 11.3 Å². The lowest BCUT2D eigenvalue weighted by Crippen LogP contribution is -2.20. The Morgan fingerprint density at radius 2 is 1.95 bits per heavy atom. The van der Waals surface area contributed by atoms with Gasteiger partial charge in [-0.2, -0.15) is 0 Å². The highest BCUT2D eigenvalue weighted by molar-refractivity contribution is 7.16. The third-order valence-corrected chi connectivity index (χ3v) is 4.21. The summed E-state index contributed by atoms with van der Waals surface area (Å²) in [6, 6.07) is 8.98. The van der Waals surface area contributed by atoms with Gasteiger partial charge in [-0.15, -0.1) is 11.3 Å². The molecule has 0 spiro atoms. The number of nitrogens with one attached hydrogen (secondary N) is 1. The van der Waals surface area contributed by atoms with Gasteiger partial charge in [-0.05, 0) is 31.0 Å². The van der Waals surface area contributed by atoms with Crippen LogP contribution in [0.5, 0.6) is 5.75 Å². The van der Waals surface area contributed by atoms with Crippen molar-refractivity contribution >= 4 is 28.2 Å². The van der Waals surface area contributed by atoms with Crippen molar-refractivity contribution < 1.29 is 19.4 Å². The van der Waals surface area contributed by atoms with Crippen LogP contribution < -0.4 is 10.1 Å². The fourth-order valence-corrected chi connectivity index (χ4v) is 3.30. The van der Waals surface area contributed by atoms with Crippen LogP contribution in [0.4, 0.5) is 5.00 Å². The predicted molar refractivity (Wildman–Crippen MR) is 86.0 cm³/mol. The fourth-order valence-electron chi connectivity index (χ4n) is 2.15. The van der Waals surface area contributed by atoms with Gasteiger partial charge in [-0.1, -0.05) is 25.1 Å². The molecule has 0 unspecified atom stereocenters. The van der Waals surface area contributed by atoms with Crippen molar-refractivity contribution in [1.82, 2.24) is 0 Å². The molecule has 0 saturated carbocycles. The van der Waals surface area contributed by atoms with Crippen molar-refractivity contribution in [2.24, 2.45) is 0 Å². The Morgan fingerprint density at radius 1 is 1.27 bits per heavy atom. The van der Waals surface area contributed by atoms with E-state index < -0.39 is 5.97 Å². The van der Waals surface area contributed by atoms with Gasteiger partial charge in [0.15, 0.2) is 6.61 Å². The largest absolute Gasteiger partial charge is 0.484 e. The number of carbonyl (C=O) groups excluding carboxylic acids is 1. The zero-order valence-electron chi connectivity index (χ0n) is 12.4. The van der Waals surface area contributed by atoms with E-state index in [4.69, 9.17) is 4.74 Å². The van der Waals surface area contributed by atoms with Crippen LogP contribution in [0.25, 0.3) is 0 Å². The van der Waals surface area contributed by atoms with Gasteiger partial charge in [0.1, 0.15) is 10.8 Å². The Kier molecular flexibility index (Phi) is 5.16. The van der Waals surface area contributed by atoms with Crippen molar-refractivity contribution in [3.63, 3.8) is 0 Å². The molecule has 5 nitrogen and oxygen atoms in total. The van der Waals surface area contributed by atoms with Gasteiger partial charge in [0.25, 0.3) is 5.91 Å². The van der Waals surface area contributed by atoms with Crippen LogP contribution in [-0.2, 0) is 11.2 Å². The molecular formula is C16H17NO4S. The number of para-hydroxylation sites is 1. The molecule has 0 aliphatic carbocycles. The van der Waals surface area contributed by atoms with Gasteiger partial charge in [-0.3, -0.25) is 4.79 Å². The lowest BCUT2D eigenvalue weighted by Gasteiger charge is -2.07. The number of anilines is 1. The van der Waals surface area contributed by atoms with E-state index in [1.54, 1.807) is 12.1 Å². The zero-order chi connectivity index (χ0) is 16.1. The number of carbonyl (C=O) groups is 2. The van der Waals surface area contributed by atoms with E-state index >= 15 is 0 Å². The Morgan fingerprint density at radius 3 is 2.55 bits per heavy atom. The summed E-state index contributed by atoms with van der Waals surface area (Å²) in [7, 11) is 0. The summed E-state index contributed by atoms with van der Waals surface area (Å²) in [5, 5.41) is 12.3. The molecule has 22 heavy (non-hydrogen) atoms. The van der Waals surface area contributed by atoms with E-state index in [0.717, 1.165) is 10.4 Å². The Labute approximate surface area is 132 Å². The number of ether oxygens (including phenoxy) is 1. The van der Waals surface area contributed by atoms with Crippen LogP contribution in [0.1, 0.15) is 27.7 Å². The quantitative estimate of drug-likeness (QED) is 0.856. The highest BCUT2D eigenvalue weighted by Crippen LogP contribution is 2.33. The number of hydrogen-bond acceptors (Lipinski definition) is 4. The molecule has 2 N–H and O–H groups in total. The van der Waals surface area contributed by atoms with E-state index in [9.17, 15) is 14.7 Å². The lowest BCUT2D eigenvalue weighted by atomic mass is 10.1. The fraction of sp³-hybridized carbons (Fsp3) is 0.250. The van der Waals surface area contributed by atoms with E-state index in [1.165, 1.54) is 11.3 Å². The standard InChI is InChI=1S/C16H17NO4S/c1-3-12-10(2)22-15(14(12)16(19)20)17-13(18)9-21-11-7-5-4-6-8-11/h4-8H,3,9H2,1-2H3,(H,17,18)(H,19,20). The van der Waals surface area contributed by atoms with Gasteiger partial charge in [0, 0.05) is 4.88 Å². The summed E-state index contributed by atoms with van der Waals surface area (Å²) in [4.78, 5) is 24.2. The predicted octanol–water partition coefficient (Wildman–Crippen LogP) is 3.33. The number of carboxylic acids is 1. The molecule has 1 aromatic heterocycles. The minimum atomic E-state index is -1.03. The summed E-state index contributed by atoms with van der Waals surface area (Å²) in [5.41, 5.74) is 0.940. The molecule has 0 fully saturated rings. The molecule has 2 rings (SSSR count). The monoisotopic (exact) mass is 319 g/mol. The van der Waals surface area contributed by atoms with Crippen LogP contribution in [0.2, 0.25) is 0 Å². The maximum Gasteiger partial charge on any atom is 0.339 e. The molecule has 1 aromatic carbocycles. The molecule has 0 atom stereocenters. The molecule has 1 amide bonds. The molecule has 0 bridgehead atoms. The summed E-state index contributed by atoms with van der Waals surface area (Å²) in [6.45, 7) is 3.58. The number of thiophene rings is 1. The third-order valence-electron chi connectivity index (χ3n) is 3.14. The normalized spacial score (nSPS) is 10.3. The SMILES string of the molecule is CCc1c(C)sc(NC(=O)COc2ccccc2)c1C(=O)O. The first-order chi connectivity index (χ1) is 10.5. The highest BCUT2D eigenvalue weighted by atomic mass is 32.1. The second-order valence-corrected chi connectivity index (χ2v) is 5.87. The first-order valence-corrected chi connectivity index (χ1v) is 7.67. The third kappa shape index (κ3) is 3.65. The molecule has 2 aromatic rings. The lowest BCUT2D eigenvalue weighted by molar-refractivity contribution is -0.118. The molecule has 116 valence electrons. The average Bonchev–Trinajstić information content (AvgIpc) is 2.81. The summed E-state index contributed by atoms with van der Waals surface area (Å²) in [6.07, 6.45) is 0.611. The van der Waals surface area contributed by atoms with E-state index in [0.29, 0.717) is 17.2 Å². The molecule has 0 aliphatic rings. The van der Waals surface area contributed by atoms with Crippen LogP contribution in [0.15, 0.2) is 30.3 Å². The summed E-state index contributed by atoms with van der Waals surface area (Å²) in [5.74, 6) is -0.816. The van der Waals surface area contributed by atoms with Crippen LogP contribution in [0.3, 0.4) is 0 Å². The second kappa shape index (κ2) is 7.09. The minimum Gasteiger partial charge on any atom is -0.484 e. The molecule has 1 heterocycles. The zero-order valence-corrected chi connectivity index (χ0v) is 13.2.